The summed E-state index contributed by atoms with van der Waals surface area (Å²) >= 11 is 3.61. The van der Waals surface area contributed by atoms with Crippen molar-refractivity contribution in [1.29, 1.82) is 5.26 Å². The number of piperidine rings is 1. The average Bonchev–Trinajstić information content (AvgIpc) is 3.08. The van der Waals surface area contributed by atoms with Crippen molar-refractivity contribution >= 4 is 26.8 Å². The number of hydrogen-bond acceptors (Lipinski definition) is 5. The maximum atomic E-state index is 10.6. The molecule has 0 radical (unpaired) electrons. The lowest BCUT2D eigenvalue weighted by Crippen LogP contribution is -2.41. The first-order valence-electron chi connectivity index (χ1n) is 9.97. The van der Waals surface area contributed by atoms with Gasteiger partial charge in [0.25, 0.3) is 0 Å². The monoisotopic (exact) mass is 460 g/mol. The summed E-state index contributed by atoms with van der Waals surface area (Å²) in [5, 5.41) is 20.9. The number of likely N-dealkylation sites (tertiary alicyclic amines) is 1. The zero-order valence-electron chi connectivity index (χ0n) is 17.4. The fraction of sp³-hybridized carbons (Fsp3) is 0.500. The van der Waals surface area contributed by atoms with E-state index in [1.807, 2.05) is 32.3 Å². The molecule has 0 bridgehead atoms. The minimum absolute atomic E-state index is 0.205. The smallest absolute Gasteiger partial charge is 0.134 e. The molecule has 1 aromatic heterocycles. The Balaban J connectivity index is 1.78. The summed E-state index contributed by atoms with van der Waals surface area (Å²) in [5.74, 6) is 0.810. The largest absolute Gasteiger partial charge is 0.489 e. The molecule has 0 spiro atoms. The van der Waals surface area contributed by atoms with Crippen LogP contribution in [0.3, 0.4) is 0 Å². The van der Waals surface area contributed by atoms with Gasteiger partial charge in [0.1, 0.15) is 18.0 Å². The van der Waals surface area contributed by atoms with Crippen molar-refractivity contribution in [1.82, 2.24) is 14.8 Å². The maximum absolute atomic E-state index is 10.6. The zero-order valence-corrected chi connectivity index (χ0v) is 19.0. The minimum Gasteiger partial charge on any atom is -0.489 e. The van der Waals surface area contributed by atoms with Gasteiger partial charge in [0, 0.05) is 50.3 Å². The minimum atomic E-state index is -1.00. The number of ether oxygens (including phenoxy) is 1. The van der Waals surface area contributed by atoms with Crippen LogP contribution < -0.4 is 4.74 Å². The molecule has 1 aliphatic heterocycles. The Morgan fingerprint density at radius 1 is 1.34 bits per heavy atom. The zero-order chi connectivity index (χ0) is 21.1. The van der Waals surface area contributed by atoms with E-state index in [0.29, 0.717) is 11.7 Å². The van der Waals surface area contributed by atoms with Crippen LogP contribution in [0.5, 0.6) is 5.75 Å². The Hall–Kier alpha value is -2.01. The lowest BCUT2D eigenvalue weighted by molar-refractivity contribution is 0.0839. The van der Waals surface area contributed by atoms with E-state index in [1.165, 1.54) is 0 Å². The molecule has 1 aromatic carbocycles. The van der Waals surface area contributed by atoms with E-state index in [2.05, 4.69) is 45.7 Å². The Bertz CT molecular complexity index is 921. The summed E-state index contributed by atoms with van der Waals surface area (Å²) in [5.41, 5.74) is 1.76. The second-order valence-corrected chi connectivity index (χ2v) is 8.96. The number of nitriles is 1. The molecule has 156 valence electrons. The number of hydrogen-bond donors (Lipinski definition) is 2. The third kappa shape index (κ3) is 5.13. The number of benzene rings is 1. The Morgan fingerprint density at radius 2 is 2.03 bits per heavy atom. The van der Waals surface area contributed by atoms with E-state index in [0.717, 1.165) is 47.1 Å². The van der Waals surface area contributed by atoms with Crippen LogP contribution in [0.2, 0.25) is 0 Å². The number of rotatable bonds is 6. The Labute approximate surface area is 180 Å². The highest BCUT2D eigenvalue weighted by molar-refractivity contribution is 9.10. The predicted octanol–water partition coefficient (Wildman–Crippen LogP) is 4.18. The summed E-state index contributed by atoms with van der Waals surface area (Å²) in [4.78, 5) is 7.45. The molecule has 6 nitrogen and oxygen atoms in total. The van der Waals surface area contributed by atoms with Crippen molar-refractivity contribution in [2.45, 2.75) is 44.9 Å². The van der Waals surface area contributed by atoms with Crippen LogP contribution in [0.25, 0.3) is 10.9 Å². The summed E-state index contributed by atoms with van der Waals surface area (Å²) in [7, 11) is 3.64. The van der Waals surface area contributed by atoms with E-state index >= 15 is 0 Å². The number of halogens is 1. The molecule has 1 atom stereocenters. The normalized spacial score (nSPS) is 17.5. The molecule has 29 heavy (non-hydrogen) atoms. The fourth-order valence-corrected chi connectivity index (χ4v) is 4.13. The van der Waals surface area contributed by atoms with Crippen LogP contribution in [-0.2, 0) is 0 Å². The van der Waals surface area contributed by atoms with Crippen LogP contribution in [0.1, 0.15) is 38.5 Å². The van der Waals surface area contributed by atoms with E-state index in [1.54, 1.807) is 11.1 Å². The molecule has 2 N–H and O–H groups in total. The van der Waals surface area contributed by atoms with Crippen LogP contribution in [0.4, 0.5) is 0 Å². The number of aliphatic hydroxyl groups excluding tert-OH is 1. The number of aromatic nitrogens is 1. The summed E-state index contributed by atoms with van der Waals surface area (Å²) in [6.45, 7) is 6.57. The standard InChI is InChI=1S/C22H29BrN4O2/c1-14(2)27-7-5-17(6-8-27)29-21-10-15-9-20(25-19(15)11-18(21)23)22(28)16(12-24)13-26(3)4/h9-11,13-14,17,22,25,28H,5-8H2,1-4H3/b16-13+. The van der Waals surface area contributed by atoms with Crippen LogP contribution in [0, 0.1) is 11.3 Å². The van der Waals surface area contributed by atoms with Gasteiger partial charge in [-0.2, -0.15) is 5.26 Å². The molecular formula is C22H29BrN4O2. The molecule has 0 amide bonds. The maximum Gasteiger partial charge on any atom is 0.134 e. The van der Waals surface area contributed by atoms with Gasteiger partial charge in [0.15, 0.2) is 0 Å². The molecule has 3 rings (SSSR count). The lowest BCUT2D eigenvalue weighted by Gasteiger charge is -2.34. The quantitative estimate of drug-likeness (QED) is 0.632. The summed E-state index contributed by atoms with van der Waals surface area (Å²) < 4.78 is 7.17. The number of aliphatic hydroxyl groups is 1. The van der Waals surface area contributed by atoms with Crippen LogP contribution in [0.15, 0.2) is 34.4 Å². The van der Waals surface area contributed by atoms with Crippen molar-refractivity contribution in [2.75, 3.05) is 27.2 Å². The highest BCUT2D eigenvalue weighted by Crippen LogP contribution is 2.34. The van der Waals surface area contributed by atoms with Crippen LogP contribution in [-0.4, -0.2) is 59.2 Å². The van der Waals surface area contributed by atoms with Crippen LogP contribution >= 0.6 is 15.9 Å². The SMILES string of the molecule is CC(C)N1CCC(Oc2cc3cc(C(O)/C(C#N)=C/N(C)C)[nH]c3cc2Br)CC1. The number of H-pyrrole nitrogens is 1. The van der Waals surface area contributed by atoms with Gasteiger partial charge >= 0.3 is 0 Å². The number of nitrogens with zero attached hydrogens (tertiary/aromatic N) is 3. The summed E-state index contributed by atoms with van der Waals surface area (Å²) in [6.07, 6.45) is 2.86. The highest BCUT2D eigenvalue weighted by atomic mass is 79.9. The van der Waals surface area contributed by atoms with E-state index < -0.39 is 6.10 Å². The van der Waals surface area contributed by atoms with Crippen molar-refractivity contribution in [3.8, 4) is 11.8 Å². The molecule has 0 saturated carbocycles. The molecule has 1 unspecified atom stereocenters. The molecule has 1 saturated heterocycles. The van der Waals surface area contributed by atoms with Gasteiger partial charge in [0.2, 0.25) is 0 Å². The van der Waals surface area contributed by atoms with Crippen molar-refractivity contribution < 1.29 is 9.84 Å². The van der Waals surface area contributed by atoms with Crippen molar-refractivity contribution in [3.05, 3.63) is 40.1 Å². The molecule has 2 aromatic rings. The molecular weight excluding hydrogens is 432 g/mol. The van der Waals surface area contributed by atoms with Gasteiger partial charge in [0.05, 0.1) is 21.8 Å². The number of aromatic amines is 1. The van der Waals surface area contributed by atoms with E-state index in [9.17, 15) is 10.4 Å². The first kappa shape index (κ1) is 21.7. The lowest BCUT2D eigenvalue weighted by atomic mass is 10.1. The van der Waals surface area contributed by atoms with Gasteiger partial charge in [-0.3, -0.25) is 0 Å². The average molecular weight is 461 g/mol. The first-order chi connectivity index (χ1) is 13.8. The number of fused-ring (bicyclic) bond motifs is 1. The third-order valence-electron chi connectivity index (χ3n) is 5.31. The second kappa shape index (κ2) is 9.21. The second-order valence-electron chi connectivity index (χ2n) is 8.10. The van der Waals surface area contributed by atoms with Gasteiger partial charge in [-0.25, -0.2) is 0 Å². The van der Waals surface area contributed by atoms with E-state index in [4.69, 9.17) is 4.74 Å². The molecule has 2 heterocycles. The first-order valence-corrected chi connectivity index (χ1v) is 10.8. The Morgan fingerprint density at radius 3 is 2.62 bits per heavy atom. The number of nitrogens with one attached hydrogen (secondary N) is 1. The Kier molecular flexibility index (Phi) is 6.89. The van der Waals surface area contributed by atoms with Gasteiger partial charge < -0.3 is 24.6 Å². The van der Waals surface area contributed by atoms with Crippen molar-refractivity contribution in [2.24, 2.45) is 0 Å². The molecule has 7 heteroatoms. The molecule has 1 aliphatic rings. The highest BCUT2D eigenvalue weighted by Gasteiger charge is 2.23. The predicted molar refractivity (Wildman–Crippen MR) is 119 cm³/mol. The third-order valence-corrected chi connectivity index (χ3v) is 5.93. The van der Waals surface area contributed by atoms with Gasteiger partial charge in [-0.1, -0.05) is 0 Å². The van der Waals surface area contributed by atoms with Gasteiger partial charge in [-0.05, 0) is 60.8 Å². The van der Waals surface area contributed by atoms with Gasteiger partial charge in [-0.15, -0.1) is 0 Å². The van der Waals surface area contributed by atoms with Crippen molar-refractivity contribution in [3.63, 3.8) is 0 Å². The topological polar surface area (TPSA) is 75.5 Å². The molecule has 1 fully saturated rings. The van der Waals surface area contributed by atoms with E-state index in [-0.39, 0.29) is 11.7 Å². The fourth-order valence-electron chi connectivity index (χ4n) is 3.69. The summed E-state index contributed by atoms with van der Waals surface area (Å²) in [6, 6.07) is 8.48. The molecule has 0 aliphatic carbocycles.